The largest absolute Gasteiger partial charge is 0.256 e. The highest BCUT2D eigenvalue weighted by Gasteiger charge is 2.25. The fourth-order valence-corrected chi connectivity index (χ4v) is 16.7. The van der Waals surface area contributed by atoms with Crippen molar-refractivity contribution in [3.05, 3.63) is 398 Å². The molecule has 0 saturated carbocycles. The number of hydrogen-bond acceptors (Lipinski definition) is 7. The van der Waals surface area contributed by atoms with Crippen molar-refractivity contribution in [2.45, 2.75) is 240 Å². The Morgan fingerprint density at radius 3 is 0.857 bits per heavy atom. The fourth-order valence-electron chi connectivity index (χ4n) is 16.7. The normalized spacial score (nSPS) is 11.3. The minimum Gasteiger partial charge on any atom is -0.256 e. The van der Waals surface area contributed by atoms with Crippen LogP contribution in [-0.2, 0) is 32.5 Å². The Hall–Kier alpha value is -14.7. The van der Waals surface area contributed by atoms with Crippen LogP contribution in [0.4, 0.5) is 0 Å². The summed E-state index contributed by atoms with van der Waals surface area (Å²) in [6.45, 7) is 65.6. The number of pyridine rings is 4. The van der Waals surface area contributed by atoms with Crippen LogP contribution in [0.5, 0.6) is 0 Å². The van der Waals surface area contributed by atoms with Gasteiger partial charge in [-0.3, -0.25) is 9.97 Å². The molecule has 0 aliphatic heterocycles. The molecule has 16 aromatic rings. The molecule has 0 atom stereocenters. The van der Waals surface area contributed by atoms with Crippen LogP contribution in [0.25, 0.3) is 124 Å². The summed E-state index contributed by atoms with van der Waals surface area (Å²) in [6, 6.07) is 102. The van der Waals surface area contributed by atoms with Gasteiger partial charge in [0.05, 0.1) is 34.2 Å². The second kappa shape index (κ2) is 44.8. The van der Waals surface area contributed by atoms with E-state index in [-0.39, 0.29) is 39.6 Å². The van der Waals surface area contributed by atoms with E-state index in [2.05, 4.69) is 501 Å². The van der Waals surface area contributed by atoms with Gasteiger partial charge in [-0.2, -0.15) is 0 Å². The van der Waals surface area contributed by atoms with Gasteiger partial charge in [0.25, 0.3) is 0 Å². The number of rotatable bonds is 11. The van der Waals surface area contributed by atoms with Crippen LogP contribution in [0.15, 0.2) is 298 Å². The topological polar surface area (TPSA) is 90.2 Å². The van der Waals surface area contributed by atoms with Crippen molar-refractivity contribution in [1.82, 2.24) is 34.9 Å². The molecule has 5 heterocycles. The Balaban J connectivity index is 0.000000248. The van der Waals surface area contributed by atoms with Crippen molar-refractivity contribution >= 4 is 0 Å². The molecular weight excluding hydrogens is 1700 g/mol. The van der Waals surface area contributed by atoms with Gasteiger partial charge in [-0.15, -0.1) is 0 Å². The zero-order valence-electron chi connectivity index (χ0n) is 88.4. The van der Waals surface area contributed by atoms with Crippen LogP contribution in [0.2, 0.25) is 0 Å². The number of hydrogen-bond donors (Lipinski definition) is 0. The van der Waals surface area contributed by atoms with Gasteiger partial charge in [-0.05, 0) is 315 Å². The molecule has 0 saturated heterocycles. The minimum atomic E-state index is 0. The van der Waals surface area contributed by atoms with Crippen LogP contribution in [0, 0.1) is 124 Å². The second-order valence-corrected chi connectivity index (χ2v) is 43.7. The highest BCUT2D eigenvalue weighted by atomic mass is 15.0. The number of aromatic nitrogens is 7. The Kier molecular flexibility index (Phi) is 33.3. The van der Waals surface area contributed by atoms with Crippen molar-refractivity contribution < 1.29 is 7.13 Å². The third-order valence-corrected chi connectivity index (χ3v) is 24.4. The lowest BCUT2D eigenvalue weighted by Crippen LogP contribution is -2.16. The van der Waals surface area contributed by atoms with E-state index in [9.17, 15) is 0 Å². The minimum absolute atomic E-state index is 0. The number of benzene rings is 11. The van der Waals surface area contributed by atoms with Gasteiger partial charge in [0.15, 0.2) is 17.5 Å². The maximum Gasteiger partial charge on any atom is 0.164 e. The first kappa shape index (κ1) is 104. The van der Waals surface area contributed by atoms with E-state index in [4.69, 9.17) is 24.9 Å². The highest BCUT2D eigenvalue weighted by Crippen LogP contribution is 2.40. The Morgan fingerprint density at radius 1 is 0.193 bits per heavy atom. The predicted molar refractivity (Wildman–Crippen MR) is 607 cm³/mol. The third kappa shape index (κ3) is 29.4. The molecule has 140 heavy (non-hydrogen) atoms. The summed E-state index contributed by atoms with van der Waals surface area (Å²) in [6.07, 6.45) is 3.84. The lowest BCUT2D eigenvalue weighted by molar-refractivity contribution is 0.569. The molecule has 16 rings (SSSR count). The summed E-state index contributed by atoms with van der Waals surface area (Å²) >= 11 is 0. The average Bonchev–Trinajstić information content (AvgIpc) is 0.793. The molecule has 0 N–H and O–H groups in total. The van der Waals surface area contributed by atoms with Gasteiger partial charge in [0.1, 0.15) is 0 Å². The molecule has 0 spiro atoms. The average molecular weight is 1850 g/mol. The lowest BCUT2D eigenvalue weighted by atomic mass is 9.79. The van der Waals surface area contributed by atoms with E-state index in [1.807, 2.05) is 54.9 Å². The van der Waals surface area contributed by atoms with Crippen LogP contribution < -0.4 is 0 Å². The molecule has 0 amide bonds. The molecule has 5 aromatic heterocycles. The molecule has 7 nitrogen and oxygen atoms in total. The fraction of sp³-hybridized carbons (Fsp3) is 0.271. The predicted octanol–water partition coefficient (Wildman–Crippen LogP) is 35.3. The van der Waals surface area contributed by atoms with Gasteiger partial charge in [0.2, 0.25) is 0 Å². The number of aryl methyl sites for hydroxylation is 11. The highest BCUT2D eigenvalue weighted by molar-refractivity contribution is 5.79. The second-order valence-electron chi connectivity index (χ2n) is 43.7. The first-order chi connectivity index (χ1) is 66.0. The van der Waals surface area contributed by atoms with Crippen molar-refractivity contribution in [2.24, 2.45) is 0 Å². The summed E-state index contributed by atoms with van der Waals surface area (Å²) in [4.78, 5) is 33.8. The molecule has 0 bridgehead atoms. The van der Waals surface area contributed by atoms with Gasteiger partial charge < -0.3 is 0 Å². The van der Waals surface area contributed by atoms with Gasteiger partial charge in [-0.1, -0.05) is 374 Å². The van der Waals surface area contributed by atoms with E-state index >= 15 is 0 Å². The quantitative estimate of drug-likeness (QED) is 0.119. The monoisotopic (exact) mass is 1840 g/mol. The summed E-state index contributed by atoms with van der Waals surface area (Å²) in [7, 11) is 0. The van der Waals surface area contributed by atoms with Gasteiger partial charge in [0, 0.05) is 75.2 Å². The molecule has 716 valence electrons. The summed E-state index contributed by atoms with van der Waals surface area (Å²) in [5.41, 5.74) is 44.1. The Morgan fingerprint density at radius 2 is 0.486 bits per heavy atom. The molecule has 11 aromatic carbocycles. The SMILES string of the molecule is CC#CC#CC#CC#Cc1ccc(-c2cccc(-c3cc(C)cc(C)c3)n2)cc1.Cc1cc(C)cc(-c2cc(-c3cc(C(C)(C)C)cc(C(C)(C)C)c3)ccn2)c1.Cc1cc(C)cc(-c2cc(-c3ccc(C(C)(C)C)cc3)nc(-c3ccc(C(C)(C)C)cc3)c2)c1.Cc1cc(C)cc(-c2nc(-c3ccc(C(C)(C)C)cc3)nc(-c3ccc(C(C)(C)C)cc3)n2)c1.Cc1ccc(-c2cc(C)cc(C)c2)nc1.[HH].[HH].[HH].[HH].[HH]. The van der Waals surface area contributed by atoms with Crippen molar-refractivity contribution in [3.8, 4) is 171 Å². The molecule has 0 fully saturated rings. The molecule has 0 unspecified atom stereocenters. The Bertz CT molecular complexity index is 6900. The van der Waals surface area contributed by atoms with Gasteiger partial charge >= 0.3 is 0 Å². The summed E-state index contributed by atoms with van der Waals surface area (Å²) in [5.74, 6) is 23.8. The molecule has 0 aliphatic rings. The smallest absolute Gasteiger partial charge is 0.164 e. The van der Waals surface area contributed by atoms with E-state index in [1.54, 1.807) is 6.92 Å². The zero-order chi connectivity index (χ0) is 101. The van der Waals surface area contributed by atoms with Crippen LogP contribution >= 0.6 is 0 Å². The lowest BCUT2D eigenvalue weighted by Gasteiger charge is -2.26. The summed E-state index contributed by atoms with van der Waals surface area (Å²) < 4.78 is 0. The first-order valence-corrected chi connectivity index (χ1v) is 48.7. The van der Waals surface area contributed by atoms with Crippen molar-refractivity contribution in [2.75, 3.05) is 0 Å². The zero-order valence-corrected chi connectivity index (χ0v) is 88.4. The van der Waals surface area contributed by atoms with Crippen LogP contribution in [0.1, 0.15) is 239 Å². The molecule has 0 aliphatic carbocycles. The van der Waals surface area contributed by atoms with Gasteiger partial charge in [-0.25, -0.2) is 24.9 Å². The summed E-state index contributed by atoms with van der Waals surface area (Å²) in [5, 5.41) is 0. The molecular formula is C133H149N7. The maximum atomic E-state index is 5.13. The van der Waals surface area contributed by atoms with E-state index < -0.39 is 0 Å². The Labute approximate surface area is 845 Å². The third-order valence-electron chi connectivity index (χ3n) is 24.4. The first-order valence-electron chi connectivity index (χ1n) is 48.7. The van der Waals surface area contributed by atoms with E-state index in [0.717, 1.165) is 78.7 Å². The maximum absolute atomic E-state index is 5.13. The van der Waals surface area contributed by atoms with Crippen LogP contribution in [0.3, 0.4) is 0 Å². The van der Waals surface area contributed by atoms with Crippen molar-refractivity contribution in [1.29, 1.82) is 0 Å². The molecule has 0 radical (unpaired) electrons. The van der Waals surface area contributed by atoms with Crippen molar-refractivity contribution in [3.63, 3.8) is 0 Å². The van der Waals surface area contributed by atoms with E-state index in [1.165, 1.54) is 128 Å². The van der Waals surface area contributed by atoms with Crippen LogP contribution in [-0.4, -0.2) is 34.9 Å². The standard InChI is InChI=1S/C33H37N.C31H35N3.C28H19N.C27H33N.C14H15N.5H2/c1-22-17-23(2)19-26(18-22)27-20-30(24-9-13-28(14-10-24)32(3,4)5)34-31(21-27)25-11-15-29(16-12-25)33(6,7)8;1-20-17-21(2)19-24(18-20)29-33-27(22-9-13-25(14-10-22)30(3,4)5)32-28(34-29)23-11-15-26(16-12-23)31(6,7)8;1-4-5-6-7-8-9-10-12-24-15-17-25(18-16-24)27-13-11-14-28(29-27)26-20-22(2)19-23(3)21-26;1-18-11-19(2)13-22(12-18)25-16-20(9-10-28-25)21-14-23(26(3,4)5)17-24(15-21)27(6,7)8;1-10-4-5-14(15-9-10)13-7-11(2)6-12(3)8-13;;;;;/h9-21H,1-8H3;9-19H,1-8H3;11,13-21H,1-3H3;9-17H,1-8H3;4-9H,1-3H3;5*1H. The molecule has 7 heteroatoms. The van der Waals surface area contributed by atoms with E-state index in [0.29, 0.717) is 17.5 Å². The number of nitrogens with zero attached hydrogens (tertiary/aromatic N) is 7.